The minimum absolute atomic E-state index is 0.0177. The highest BCUT2D eigenvalue weighted by molar-refractivity contribution is 7.20. The number of hydrogen-bond acceptors (Lipinski definition) is 4. The molecule has 0 bridgehead atoms. The third-order valence-electron chi connectivity index (χ3n) is 3.45. The largest absolute Gasteiger partial charge is 0.341 e. The van der Waals surface area contributed by atoms with Crippen molar-refractivity contribution in [2.24, 2.45) is 0 Å². The third-order valence-corrected chi connectivity index (χ3v) is 6.11. The van der Waals surface area contributed by atoms with Gasteiger partial charge in [-0.25, -0.2) is 4.98 Å². The predicted molar refractivity (Wildman–Crippen MR) is 102 cm³/mol. The monoisotopic (exact) mass is 396 g/mol. The summed E-state index contributed by atoms with van der Waals surface area (Å²) in [6, 6.07) is 9.43. The van der Waals surface area contributed by atoms with Gasteiger partial charge in [0.15, 0.2) is 0 Å². The zero-order chi connectivity index (χ0) is 17.1. The Balaban J connectivity index is 1.63. The number of thiophene rings is 1. The number of carbonyl (C=O) groups excluding carboxylic acids is 1. The van der Waals surface area contributed by atoms with Crippen molar-refractivity contribution in [3.05, 3.63) is 62.4 Å². The Bertz CT molecular complexity index is 846. The molecule has 3 rings (SSSR count). The van der Waals surface area contributed by atoms with Crippen LogP contribution in [0.2, 0.25) is 10.0 Å². The number of aromatic nitrogens is 1. The minimum Gasteiger partial charge on any atom is -0.341 e. The lowest BCUT2D eigenvalue weighted by Gasteiger charge is -2.17. The molecule has 2 heterocycles. The Morgan fingerprint density at radius 1 is 1.21 bits per heavy atom. The number of likely N-dealkylation sites (N-methyl/N-ethyl adjacent to an activating group) is 1. The number of benzene rings is 1. The smallest absolute Gasteiger partial charge is 0.228 e. The Labute approximate surface area is 158 Å². The van der Waals surface area contributed by atoms with E-state index in [0.29, 0.717) is 23.0 Å². The van der Waals surface area contributed by atoms with Crippen molar-refractivity contribution >= 4 is 51.8 Å². The van der Waals surface area contributed by atoms with E-state index >= 15 is 0 Å². The van der Waals surface area contributed by atoms with Crippen LogP contribution < -0.4 is 0 Å². The topological polar surface area (TPSA) is 33.2 Å². The zero-order valence-electron chi connectivity index (χ0n) is 12.8. The molecule has 1 amide bonds. The van der Waals surface area contributed by atoms with E-state index in [1.54, 1.807) is 46.8 Å². The fourth-order valence-electron chi connectivity index (χ4n) is 2.19. The van der Waals surface area contributed by atoms with E-state index < -0.39 is 0 Å². The number of rotatable bonds is 5. The van der Waals surface area contributed by atoms with Crippen molar-refractivity contribution in [1.82, 2.24) is 9.88 Å². The summed E-state index contributed by atoms with van der Waals surface area (Å²) in [5.74, 6) is 0.0177. The van der Waals surface area contributed by atoms with Crippen LogP contribution >= 0.6 is 45.9 Å². The summed E-state index contributed by atoms with van der Waals surface area (Å²) in [5.41, 5.74) is 1.74. The number of nitrogens with zero attached hydrogens (tertiary/aromatic N) is 2. The van der Waals surface area contributed by atoms with E-state index in [-0.39, 0.29) is 5.91 Å². The first-order valence-corrected chi connectivity index (χ1v) is 9.70. The highest BCUT2D eigenvalue weighted by Crippen LogP contribution is 2.28. The second-order valence-corrected chi connectivity index (χ2v) is 7.92. The molecule has 3 aromatic rings. The van der Waals surface area contributed by atoms with Crippen LogP contribution in [0.3, 0.4) is 0 Å². The molecule has 0 saturated carbocycles. The van der Waals surface area contributed by atoms with Crippen LogP contribution in [0.1, 0.15) is 11.3 Å². The van der Waals surface area contributed by atoms with Gasteiger partial charge in [-0.15, -0.1) is 22.7 Å². The maximum atomic E-state index is 12.4. The Morgan fingerprint density at radius 3 is 2.75 bits per heavy atom. The maximum Gasteiger partial charge on any atom is 0.228 e. The molecular formula is C17H14Cl2N2OS2. The van der Waals surface area contributed by atoms with Gasteiger partial charge in [-0.2, -0.15) is 0 Å². The predicted octanol–water partition coefficient (Wildman–Crippen LogP) is 5.38. The molecule has 0 aliphatic rings. The lowest BCUT2D eigenvalue weighted by atomic mass is 10.2. The minimum atomic E-state index is 0.0177. The second-order valence-electron chi connectivity index (χ2n) is 5.30. The molecule has 124 valence electrons. The molecule has 7 heteroatoms. The first-order valence-electron chi connectivity index (χ1n) is 7.19. The summed E-state index contributed by atoms with van der Waals surface area (Å²) in [5, 5.41) is 5.93. The van der Waals surface area contributed by atoms with E-state index in [1.807, 2.05) is 29.0 Å². The molecule has 0 aliphatic carbocycles. The van der Waals surface area contributed by atoms with Crippen molar-refractivity contribution in [3.8, 4) is 9.88 Å². The Morgan fingerprint density at radius 2 is 2.04 bits per heavy atom. The van der Waals surface area contributed by atoms with Crippen LogP contribution in [0.4, 0.5) is 0 Å². The van der Waals surface area contributed by atoms with Crippen molar-refractivity contribution in [3.63, 3.8) is 0 Å². The van der Waals surface area contributed by atoms with Gasteiger partial charge in [0.25, 0.3) is 0 Å². The first-order chi connectivity index (χ1) is 11.5. The standard InChI is InChI=1S/C17H14Cl2N2OS2/c1-21(9-11-4-5-13(18)14(19)7-11)16(22)8-12-10-24-17(20-12)15-3-2-6-23-15/h2-7,10H,8-9H2,1H3. The van der Waals surface area contributed by atoms with Crippen LogP contribution in [0, 0.1) is 0 Å². The van der Waals surface area contributed by atoms with Gasteiger partial charge in [-0.1, -0.05) is 35.3 Å². The molecule has 0 atom stereocenters. The summed E-state index contributed by atoms with van der Waals surface area (Å²) in [7, 11) is 1.78. The summed E-state index contributed by atoms with van der Waals surface area (Å²) < 4.78 is 0. The number of halogens is 2. The van der Waals surface area contributed by atoms with Gasteiger partial charge >= 0.3 is 0 Å². The SMILES string of the molecule is CN(Cc1ccc(Cl)c(Cl)c1)C(=O)Cc1csc(-c2cccs2)n1. The van der Waals surface area contributed by atoms with E-state index in [2.05, 4.69) is 4.98 Å². The summed E-state index contributed by atoms with van der Waals surface area (Å²) >= 11 is 15.1. The molecular weight excluding hydrogens is 383 g/mol. The van der Waals surface area contributed by atoms with Gasteiger partial charge in [0.2, 0.25) is 5.91 Å². The molecule has 0 fully saturated rings. The quantitative estimate of drug-likeness (QED) is 0.579. The van der Waals surface area contributed by atoms with Crippen molar-refractivity contribution in [2.45, 2.75) is 13.0 Å². The second kappa shape index (κ2) is 7.66. The summed E-state index contributed by atoms with van der Waals surface area (Å²) in [6.07, 6.45) is 0.291. The lowest BCUT2D eigenvalue weighted by molar-refractivity contribution is -0.129. The molecule has 2 aromatic heterocycles. The molecule has 0 spiro atoms. The molecule has 24 heavy (non-hydrogen) atoms. The highest BCUT2D eigenvalue weighted by Gasteiger charge is 2.14. The van der Waals surface area contributed by atoms with Crippen LogP contribution in [-0.2, 0) is 17.8 Å². The van der Waals surface area contributed by atoms with E-state index in [9.17, 15) is 4.79 Å². The Kier molecular flexibility index (Phi) is 5.56. The van der Waals surface area contributed by atoms with E-state index in [1.165, 1.54) is 0 Å². The normalized spacial score (nSPS) is 10.8. The van der Waals surface area contributed by atoms with Crippen molar-refractivity contribution in [1.29, 1.82) is 0 Å². The van der Waals surface area contributed by atoms with E-state index in [0.717, 1.165) is 21.1 Å². The first kappa shape index (κ1) is 17.4. The average molecular weight is 397 g/mol. The third kappa shape index (κ3) is 4.16. The number of amides is 1. The van der Waals surface area contributed by atoms with Crippen LogP contribution in [0.15, 0.2) is 41.1 Å². The van der Waals surface area contributed by atoms with Gasteiger partial charge in [-0.05, 0) is 29.1 Å². The van der Waals surface area contributed by atoms with E-state index in [4.69, 9.17) is 23.2 Å². The fraction of sp³-hybridized carbons (Fsp3) is 0.176. The molecule has 3 nitrogen and oxygen atoms in total. The maximum absolute atomic E-state index is 12.4. The Hall–Kier alpha value is -1.40. The number of hydrogen-bond donors (Lipinski definition) is 0. The van der Waals surface area contributed by atoms with Crippen LogP contribution in [0.5, 0.6) is 0 Å². The molecule has 0 saturated heterocycles. The zero-order valence-corrected chi connectivity index (χ0v) is 16.0. The van der Waals surface area contributed by atoms with Gasteiger partial charge < -0.3 is 4.90 Å². The molecule has 0 radical (unpaired) electrons. The van der Waals surface area contributed by atoms with Gasteiger partial charge in [-0.3, -0.25) is 4.79 Å². The summed E-state index contributed by atoms with van der Waals surface area (Å²) in [4.78, 5) is 19.7. The van der Waals surface area contributed by atoms with Crippen LogP contribution in [-0.4, -0.2) is 22.8 Å². The number of carbonyl (C=O) groups is 1. The van der Waals surface area contributed by atoms with Crippen LogP contribution in [0.25, 0.3) is 9.88 Å². The lowest BCUT2D eigenvalue weighted by Crippen LogP contribution is -2.27. The molecule has 1 aromatic carbocycles. The van der Waals surface area contributed by atoms with Crippen molar-refractivity contribution in [2.75, 3.05) is 7.05 Å². The summed E-state index contributed by atoms with van der Waals surface area (Å²) in [6.45, 7) is 0.484. The van der Waals surface area contributed by atoms with Crippen molar-refractivity contribution < 1.29 is 4.79 Å². The molecule has 0 unspecified atom stereocenters. The van der Waals surface area contributed by atoms with Gasteiger partial charge in [0.05, 0.1) is 27.0 Å². The highest BCUT2D eigenvalue weighted by atomic mass is 35.5. The molecule has 0 aliphatic heterocycles. The average Bonchev–Trinajstić information content (AvgIpc) is 3.21. The molecule has 0 N–H and O–H groups in total. The van der Waals surface area contributed by atoms with Gasteiger partial charge in [0, 0.05) is 19.0 Å². The van der Waals surface area contributed by atoms with Gasteiger partial charge in [0.1, 0.15) is 5.01 Å². The number of thiazole rings is 1. The fourth-order valence-corrected chi connectivity index (χ4v) is 4.15.